The topological polar surface area (TPSA) is 55.4 Å². The molecule has 2 rings (SSSR count). The molecule has 0 spiro atoms. The third-order valence-electron chi connectivity index (χ3n) is 3.18. The molecule has 2 aromatic rings. The van der Waals surface area contributed by atoms with Crippen LogP contribution in [0.2, 0.25) is 0 Å². The maximum atomic E-state index is 12.4. The van der Waals surface area contributed by atoms with Crippen LogP contribution in [-0.2, 0) is 9.53 Å². The average molecular weight is 351 g/mol. The van der Waals surface area contributed by atoms with Gasteiger partial charge < -0.3 is 10.1 Å². The summed E-state index contributed by atoms with van der Waals surface area (Å²) in [4.78, 5) is 26.5. The van der Waals surface area contributed by atoms with Crippen LogP contribution in [0, 0.1) is 12.8 Å². The molecule has 6 heteroatoms. The van der Waals surface area contributed by atoms with Gasteiger partial charge in [-0.15, -0.1) is 22.7 Å². The molecule has 1 N–H and O–H groups in total. The molecular formula is C17H21NO3S2. The van der Waals surface area contributed by atoms with Gasteiger partial charge in [0.25, 0.3) is 0 Å². The number of anilines is 1. The second-order valence-electron chi connectivity index (χ2n) is 5.58. The second-order valence-corrected chi connectivity index (χ2v) is 7.75. The Morgan fingerprint density at radius 3 is 2.65 bits per heavy atom. The summed E-state index contributed by atoms with van der Waals surface area (Å²) in [5, 5.41) is 5.44. The monoisotopic (exact) mass is 351 g/mol. The second kappa shape index (κ2) is 7.75. The van der Waals surface area contributed by atoms with Crippen LogP contribution >= 0.6 is 22.7 Å². The largest absolute Gasteiger partial charge is 0.462 e. The summed E-state index contributed by atoms with van der Waals surface area (Å²) < 4.78 is 5.20. The third-order valence-corrected chi connectivity index (χ3v) is 5.09. The molecule has 0 unspecified atom stereocenters. The van der Waals surface area contributed by atoms with Crippen LogP contribution in [0.5, 0.6) is 0 Å². The standard InChI is InChI=1S/C17H21NO3S2/c1-5-21-17(20)15-14(12-7-6-8-22-12)11(4)23-16(15)18-13(19)9-10(2)3/h6-8,10H,5,9H2,1-4H3,(H,18,19). The maximum absolute atomic E-state index is 12.4. The van der Waals surface area contributed by atoms with Crippen molar-refractivity contribution in [1.29, 1.82) is 0 Å². The number of ether oxygens (including phenoxy) is 1. The highest BCUT2D eigenvalue weighted by atomic mass is 32.1. The number of hydrogen-bond donors (Lipinski definition) is 1. The molecule has 0 atom stereocenters. The number of thiophene rings is 2. The number of hydrogen-bond acceptors (Lipinski definition) is 5. The number of carbonyl (C=O) groups is 2. The number of nitrogens with one attached hydrogen (secondary N) is 1. The fraction of sp³-hybridized carbons (Fsp3) is 0.412. The SMILES string of the molecule is CCOC(=O)c1c(NC(=O)CC(C)C)sc(C)c1-c1cccs1. The molecule has 23 heavy (non-hydrogen) atoms. The fourth-order valence-corrected chi connectivity index (χ4v) is 4.27. The van der Waals surface area contributed by atoms with E-state index in [0.29, 0.717) is 23.6 Å². The van der Waals surface area contributed by atoms with Crippen LogP contribution in [0.1, 0.15) is 42.4 Å². The lowest BCUT2D eigenvalue weighted by Gasteiger charge is -2.09. The smallest absolute Gasteiger partial charge is 0.341 e. The Labute approximate surface area is 144 Å². The fourth-order valence-electron chi connectivity index (χ4n) is 2.30. The molecule has 0 aliphatic carbocycles. The summed E-state index contributed by atoms with van der Waals surface area (Å²) in [6, 6.07) is 3.92. The summed E-state index contributed by atoms with van der Waals surface area (Å²) in [7, 11) is 0. The van der Waals surface area contributed by atoms with Gasteiger partial charge in [0.15, 0.2) is 0 Å². The van der Waals surface area contributed by atoms with Gasteiger partial charge in [-0.25, -0.2) is 4.79 Å². The summed E-state index contributed by atoms with van der Waals surface area (Å²) in [5.41, 5.74) is 1.33. The van der Waals surface area contributed by atoms with E-state index in [1.165, 1.54) is 11.3 Å². The summed E-state index contributed by atoms with van der Waals surface area (Å²) in [6.07, 6.45) is 0.424. The molecule has 0 radical (unpaired) electrons. The van der Waals surface area contributed by atoms with E-state index in [1.807, 2.05) is 38.3 Å². The predicted molar refractivity (Wildman–Crippen MR) is 96.4 cm³/mol. The van der Waals surface area contributed by atoms with Crippen LogP contribution in [0.15, 0.2) is 17.5 Å². The van der Waals surface area contributed by atoms with E-state index in [2.05, 4.69) is 5.32 Å². The highest BCUT2D eigenvalue weighted by Gasteiger charge is 2.26. The van der Waals surface area contributed by atoms with Gasteiger partial charge >= 0.3 is 5.97 Å². The third kappa shape index (κ3) is 4.20. The molecule has 2 heterocycles. The number of rotatable bonds is 6. The first kappa shape index (κ1) is 17.7. The van der Waals surface area contributed by atoms with Crippen molar-refractivity contribution in [3.05, 3.63) is 28.0 Å². The zero-order valence-electron chi connectivity index (χ0n) is 13.8. The average Bonchev–Trinajstić information content (AvgIpc) is 3.05. The van der Waals surface area contributed by atoms with Gasteiger partial charge in [-0.05, 0) is 31.2 Å². The molecule has 0 saturated carbocycles. The lowest BCUT2D eigenvalue weighted by atomic mass is 10.1. The summed E-state index contributed by atoms with van der Waals surface area (Å²) >= 11 is 2.99. The zero-order chi connectivity index (χ0) is 17.0. The van der Waals surface area contributed by atoms with Crippen LogP contribution in [0.25, 0.3) is 10.4 Å². The molecule has 2 aromatic heterocycles. The maximum Gasteiger partial charge on any atom is 0.341 e. The van der Waals surface area contributed by atoms with E-state index in [4.69, 9.17) is 4.74 Å². The number of aryl methyl sites for hydroxylation is 1. The van der Waals surface area contributed by atoms with Gasteiger partial charge in [0.2, 0.25) is 5.91 Å². The van der Waals surface area contributed by atoms with Gasteiger partial charge in [-0.2, -0.15) is 0 Å². The van der Waals surface area contributed by atoms with Crippen molar-refractivity contribution in [2.45, 2.75) is 34.1 Å². The van der Waals surface area contributed by atoms with Crippen LogP contribution in [0.4, 0.5) is 5.00 Å². The van der Waals surface area contributed by atoms with Crippen molar-refractivity contribution in [2.24, 2.45) is 5.92 Å². The number of esters is 1. The normalized spacial score (nSPS) is 10.8. The molecule has 0 aromatic carbocycles. The Bertz CT molecular complexity index is 687. The highest BCUT2D eigenvalue weighted by Crippen LogP contribution is 2.42. The van der Waals surface area contributed by atoms with Crippen LogP contribution in [0.3, 0.4) is 0 Å². The summed E-state index contributed by atoms with van der Waals surface area (Å²) in [5.74, 6) is -0.205. The Morgan fingerprint density at radius 1 is 1.35 bits per heavy atom. The van der Waals surface area contributed by atoms with E-state index in [1.54, 1.807) is 18.3 Å². The minimum atomic E-state index is -0.389. The lowest BCUT2D eigenvalue weighted by molar-refractivity contribution is -0.116. The quantitative estimate of drug-likeness (QED) is 0.750. The summed E-state index contributed by atoms with van der Waals surface area (Å²) in [6.45, 7) is 8.02. The van der Waals surface area contributed by atoms with Crippen LogP contribution in [-0.4, -0.2) is 18.5 Å². The predicted octanol–water partition coefficient (Wildman–Crippen LogP) is 4.95. The Hall–Kier alpha value is -1.66. The Kier molecular flexibility index (Phi) is 5.96. The Morgan fingerprint density at radius 2 is 2.09 bits per heavy atom. The van der Waals surface area contributed by atoms with E-state index in [9.17, 15) is 9.59 Å². The molecule has 1 amide bonds. The van der Waals surface area contributed by atoms with Crippen LogP contribution < -0.4 is 5.32 Å². The van der Waals surface area contributed by atoms with Gasteiger partial charge in [-0.3, -0.25) is 4.79 Å². The van der Waals surface area contributed by atoms with E-state index < -0.39 is 0 Å². The highest BCUT2D eigenvalue weighted by molar-refractivity contribution is 7.18. The lowest BCUT2D eigenvalue weighted by Crippen LogP contribution is -2.16. The minimum Gasteiger partial charge on any atom is -0.462 e. The first-order valence-corrected chi connectivity index (χ1v) is 9.27. The minimum absolute atomic E-state index is 0.0791. The van der Waals surface area contributed by atoms with Gasteiger partial charge in [0.1, 0.15) is 10.6 Å². The molecule has 0 aliphatic rings. The van der Waals surface area contributed by atoms with Gasteiger partial charge in [-0.1, -0.05) is 19.9 Å². The molecular weight excluding hydrogens is 330 g/mol. The van der Waals surface area contributed by atoms with Crippen molar-refractivity contribution < 1.29 is 14.3 Å². The van der Waals surface area contributed by atoms with Gasteiger partial charge in [0, 0.05) is 21.7 Å². The van der Waals surface area contributed by atoms with Crippen molar-refractivity contribution in [3.63, 3.8) is 0 Å². The number of amides is 1. The van der Waals surface area contributed by atoms with Crippen molar-refractivity contribution in [1.82, 2.24) is 0 Å². The molecule has 4 nitrogen and oxygen atoms in total. The Balaban J connectivity index is 2.44. The van der Waals surface area contributed by atoms with E-state index >= 15 is 0 Å². The molecule has 0 aliphatic heterocycles. The number of carbonyl (C=O) groups excluding carboxylic acids is 2. The van der Waals surface area contributed by atoms with Crippen molar-refractivity contribution >= 4 is 39.6 Å². The molecule has 0 bridgehead atoms. The van der Waals surface area contributed by atoms with Crippen molar-refractivity contribution in [2.75, 3.05) is 11.9 Å². The zero-order valence-corrected chi connectivity index (χ0v) is 15.4. The van der Waals surface area contributed by atoms with E-state index in [-0.39, 0.29) is 17.8 Å². The first-order chi connectivity index (χ1) is 10.9. The van der Waals surface area contributed by atoms with Crippen molar-refractivity contribution in [3.8, 4) is 10.4 Å². The van der Waals surface area contributed by atoms with Gasteiger partial charge in [0.05, 0.1) is 6.61 Å². The first-order valence-electron chi connectivity index (χ1n) is 7.58. The van der Waals surface area contributed by atoms with E-state index in [0.717, 1.165) is 15.3 Å². The molecule has 0 saturated heterocycles. The molecule has 0 fully saturated rings. The molecule has 124 valence electrons.